The van der Waals surface area contributed by atoms with E-state index in [0.717, 1.165) is 24.2 Å². The number of amides is 1. The number of fused-ring (bicyclic) bond motifs is 1. The van der Waals surface area contributed by atoms with Crippen LogP contribution in [0.25, 0.3) is 17.0 Å². The molecule has 0 aliphatic carbocycles. The second-order valence-electron chi connectivity index (χ2n) is 8.13. The van der Waals surface area contributed by atoms with Crippen molar-refractivity contribution < 1.29 is 9.32 Å². The van der Waals surface area contributed by atoms with E-state index in [1.807, 2.05) is 49.5 Å². The van der Waals surface area contributed by atoms with Crippen LogP contribution < -0.4 is 10.6 Å². The van der Waals surface area contributed by atoms with Crippen LogP contribution in [0.4, 0.5) is 5.69 Å². The summed E-state index contributed by atoms with van der Waals surface area (Å²) in [5.41, 5.74) is 3.50. The number of carbonyl (C=O) groups is 1. The first-order chi connectivity index (χ1) is 17.0. The van der Waals surface area contributed by atoms with Crippen LogP contribution >= 0.6 is 11.9 Å². The lowest BCUT2D eigenvalue weighted by molar-refractivity contribution is 0.102. The van der Waals surface area contributed by atoms with Gasteiger partial charge in [0, 0.05) is 37.6 Å². The molecule has 4 aromatic rings. The highest BCUT2D eigenvalue weighted by Gasteiger charge is 2.33. The first-order valence-electron chi connectivity index (χ1n) is 11.0. The summed E-state index contributed by atoms with van der Waals surface area (Å²) in [6.45, 7) is 3.40. The van der Waals surface area contributed by atoms with Gasteiger partial charge in [-0.1, -0.05) is 23.4 Å². The van der Waals surface area contributed by atoms with Crippen LogP contribution in [0, 0.1) is 12.3 Å². The van der Waals surface area contributed by atoms with Crippen molar-refractivity contribution in [1.82, 2.24) is 29.1 Å². The number of anilines is 1. The van der Waals surface area contributed by atoms with Gasteiger partial charge in [0.1, 0.15) is 16.4 Å². The lowest BCUT2D eigenvalue weighted by Gasteiger charge is -2.35. The second-order valence-corrected chi connectivity index (χ2v) is 9.27. The monoisotopic (exact) mass is 488 g/mol. The summed E-state index contributed by atoms with van der Waals surface area (Å²) in [5, 5.41) is 18.4. The molecule has 3 N–H and O–H groups in total. The number of hydrogen-bond acceptors (Lipinski definition) is 9. The Morgan fingerprint density at radius 1 is 1.29 bits per heavy atom. The van der Waals surface area contributed by atoms with E-state index in [1.54, 1.807) is 29.9 Å². The standard InChI is InChI=1S/C24H24N8O2S/c1-15-6-7-16(11-18(15)28-23(33)19-12-27-21-5-3-4-10-32(19)21)22-29-24(34-30-22)17-13-31(14-17)35-20(25)8-9-26-2/h3-12,17,25-26H,13-14H2,1-2H3,(H,28,33)/b9-8-,25-20?. The molecule has 0 atom stereocenters. The molecule has 178 valence electrons. The number of imidazole rings is 1. The highest BCUT2D eigenvalue weighted by atomic mass is 32.2. The van der Waals surface area contributed by atoms with Gasteiger partial charge in [0.15, 0.2) is 0 Å². The largest absolute Gasteiger partial charge is 0.394 e. The number of benzene rings is 1. The van der Waals surface area contributed by atoms with Gasteiger partial charge in [-0.15, -0.1) is 0 Å². The number of rotatable bonds is 7. The fourth-order valence-corrected chi connectivity index (χ4v) is 4.61. The Morgan fingerprint density at radius 3 is 2.97 bits per heavy atom. The van der Waals surface area contributed by atoms with Crippen molar-refractivity contribution in [3.63, 3.8) is 0 Å². The second kappa shape index (κ2) is 9.72. The van der Waals surface area contributed by atoms with Crippen molar-refractivity contribution in [2.45, 2.75) is 12.8 Å². The molecule has 1 amide bonds. The van der Waals surface area contributed by atoms with E-state index in [9.17, 15) is 4.79 Å². The minimum absolute atomic E-state index is 0.129. The molecular formula is C24H24N8O2S. The normalized spacial score (nSPS) is 14.3. The van der Waals surface area contributed by atoms with E-state index in [4.69, 9.17) is 9.93 Å². The average Bonchev–Trinajstić information content (AvgIpc) is 3.49. The molecule has 4 heterocycles. The maximum absolute atomic E-state index is 12.9. The molecule has 35 heavy (non-hydrogen) atoms. The molecule has 0 radical (unpaired) electrons. The number of nitrogens with one attached hydrogen (secondary N) is 3. The van der Waals surface area contributed by atoms with Gasteiger partial charge in [-0.3, -0.25) is 14.6 Å². The average molecular weight is 489 g/mol. The summed E-state index contributed by atoms with van der Waals surface area (Å²) in [7, 11) is 1.80. The lowest BCUT2D eigenvalue weighted by atomic mass is 10.0. The Kier molecular flexibility index (Phi) is 6.34. The van der Waals surface area contributed by atoms with Gasteiger partial charge < -0.3 is 15.2 Å². The van der Waals surface area contributed by atoms with E-state index in [1.165, 1.54) is 11.9 Å². The van der Waals surface area contributed by atoms with Crippen LogP contribution in [-0.2, 0) is 0 Å². The maximum Gasteiger partial charge on any atom is 0.274 e. The molecule has 1 saturated heterocycles. The molecule has 1 fully saturated rings. The zero-order valence-corrected chi connectivity index (χ0v) is 20.0. The summed E-state index contributed by atoms with van der Waals surface area (Å²) in [6, 6.07) is 11.3. The Labute approximate surface area is 206 Å². The topological polar surface area (TPSA) is 124 Å². The molecular weight excluding hydrogens is 464 g/mol. The van der Waals surface area contributed by atoms with Crippen molar-refractivity contribution in [1.29, 1.82) is 5.41 Å². The molecule has 0 unspecified atom stereocenters. The van der Waals surface area contributed by atoms with E-state index in [2.05, 4.69) is 30.1 Å². The van der Waals surface area contributed by atoms with Crippen LogP contribution in [0.1, 0.15) is 27.9 Å². The minimum Gasteiger partial charge on any atom is -0.394 e. The lowest BCUT2D eigenvalue weighted by Crippen LogP contribution is -2.40. The summed E-state index contributed by atoms with van der Waals surface area (Å²) >= 11 is 1.39. The van der Waals surface area contributed by atoms with Crippen molar-refractivity contribution in [2.75, 3.05) is 25.5 Å². The van der Waals surface area contributed by atoms with E-state index in [-0.39, 0.29) is 11.8 Å². The van der Waals surface area contributed by atoms with Crippen LogP contribution in [0.5, 0.6) is 0 Å². The SMILES string of the molecule is CN/C=C\C(=N)SN1CC(c2nc(-c3ccc(C)c(NC(=O)c4cnc5ccccn45)c3)no2)C1. The van der Waals surface area contributed by atoms with Gasteiger partial charge in [-0.05, 0) is 54.9 Å². The van der Waals surface area contributed by atoms with Crippen molar-refractivity contribution in [3.05, 3.63) is 78.2 Å². The predicted octanol–water partition coefficient (Wildman–Crippen LogP) is 3.70. The highest BCUT2D eigenvalue weighted by molar-refractivity contribution is 8.12. The van der Waals surface area contributed by atoms with Gasteiger partial charge in [0.05, 0.1) is 12.1 Å². The number of carbonyl (C=O) groups excluding carboxylic acids is 1. The summed E-state index contributed by atoms with van der Waals surface area (Å²) < 4.78 is 9.35. The number of hydrogen-bond donors (Lipinski definition) is 3. The van der Waals surface area contributed by atoms with Gasteiger partial charge in [-0.25, -0.2) is 9.29 Å². The zero-order valence-electron chi connectivity index (χ0n) is 19.2. The number of aromatic nitrogens is 4. The van der Waals surface area contributed by atoms with E-state index in [0.29, 0.717) is 33.8 Å². The van der Waals surface area contributed by atoms with Crippen molar-refractivity contribution in [3.8, 4) is 11.4 Å². The third-order valence-electron chi connectivity index (χ3n) is 5.66. The highest BCUT2D eigenvalue weighted by Crippen LogP contribution is 2.33. The molecule has 5 rings (SSSR count). The molecule has 1 aliphatic heterocycles. The van der Waals surface area contributed by atoms with Crippen molar-refractivity contribution in [2.24, 2.45) is 0 Å². The Hall–Kier alpha value is -3.96. The number of nitrogens with zero attached hydrogens (tertiary/aromatic N) is 5. The van der Waals surface area contributed by atoms with Crippen LogP contribution in [-0.4, -0.2) is 54.9 Å². The maximum atomic E-state index is 12.9. The zero-order chi connectivity index (χ0) is 24.4. The fraction of sp³-hybridized carbons (Fsp3) is 0.208. The Bertz CT molecular complexity index is 1420. The summed E-state index contributed by atoms with van der Waals surface area (Å²) in [6.07, 6.45) is 6.82. The first-order valence-corrected chi connectivity index (χ1v) is 11.8. The van der Waals surface area contributed by atoms with E-state index < -0.39 is 0 Å². The molecule has 3 aromatic heterocycles. The van der Waals surface area contributed by atoms with Gasteiger partial charge in [-0.2, -0.15) is 4.98 Å². The minimum atomic E-state index is -0.250. The molecule has 1 aromatic carbocycles. The van der Waals surface area contributed by atoms with Crippen LogP contribution in [0.15, 0.2) is 65.6 Å². The van der Waals surface area contributed by atoms with Crippen LogP contribution in [0.2, 0.25) is 0 Å². The molecule has 11 heteroatoms. The molecule has 1 aliphatic rings. The predicted molar refractivity (Wildman–Crippen MR) is 135 cm³/mol. The third-order valence-corrected chi connectivity index (χ3v) is 6.55. The third kappa shape index (κ3) is 4.81. The number of aryl methyl sites for hydroxylation is 1. The summed E-state index contributed by atoms with van der Waals surface area (Å²) in [4.78, 5) is 21.8. The van der Waals surface area contributed by atoms with Crippen molar-refractivity contribution >= 4 is 34.2 Å². The summed E-state index contributed by atoms with van der Waals surface area (Å²) in [5.74, 6) is 0.927. The first kappa shape index (κ1) is 22.8. The Balaban J connectivity index is 1.26. The Morgan fingerprint density at radius 2 is 2.14 bits per heavy atom. The smallest absolute Gasteiger partial charge is 0.274 e. The van der Waals surface area contributed by atoms with Crippen LogP contribution in [0.3, 0.4) is 0 Å². The molecule has 0 spiro atoms. The number of pyridine rings is 1. The molecule has 10 nitrogen and oxygen atoms in total. The van der Waals surface area contributed by atoms with Gasteiger partial charge in [0.2, 0.25) is 11.7 Å². The van der Waals surface area contributed by atoms with Gasteiger partial charge >= 0.3 is 0 Å². The molecule has 0 bridgehead atoms. The quantitative estimate of drug-likeness (QED) is 0.204. The van der Waals surface area contributed by atoms with Gasteiger partial charge in [0.25, 0.3) is 5.91 Å². The van der Waals surface area contributed by atoms with E-state index >= 15 is 0 Å². The molecule has 0 saturated carbocycles. The fourth-order valence-electron chi connectivity index (χ4n) is 3.70.